The van der Waals surface area contributed by atoms with Crippen LogP contribution in [0.3, 0.4) is 0 Å². The van der Waals surface area contributed by atoms with Crippen LogP contribution in [0.15, 0.2) is 24.3 Å². The maximum Gasteiger partial charge on any atom is 0.227 e. The predicted molar refractivity (Wildman–Crippen MR) is 70.7 cm³/mol. The lowest BCUT2D eigenvalue weighted by Gasteiger charge is -2.16. The van der Waals surface area contributed by atoms with Crippen LogP contribution < -0.4 is 4.90 Å². The number of benzene rings is 1. The lowest BCUT2D eigenvalue weighted by molar-refractivity contribution is -0.117. The quantitative estimate of drug-likeness (QED) is 0.635. The number of anilines is 1. The normalized spacial score (nSPS) is 19.8. The number of carbonyl (C=O) groups excluding carboxylic acids is 2. The zero-order valence-corrected chi connectivity index (χ0v) is 11.2. The van der Waals surface area contributed by atoms with Gasteiger partial charge in [0.2, 0.25) is 5.91 Å². The Kier molecular flexibility index (Phi) is 3.62. The Hall–Kier alpha value is -1.16. The van der Waals surface area contributed by atoms with E-state index in [1.54, 1.807) is 17.0 Å². The van der Waals surface area contributed by atoms with Crippen molar-refractivity contribution in [3.05, 3.63) is 29.8 Å². The van der Waals surface area contributed by atoms with E-state index >= 15 is 0 Å². The molecule has 4 heteroatoms. The molecule has 1 heterocycles. The summed E-state index contributed by atoms with van der Waals surface area (Å²) in [5, 5.41) is 0.848. The summed E-state index contributed by atoms with van der Waals surface area (Å²) >= 11 is 3.41. The molecule has 0 spiro atoms. The van der Waals surface area contributed by atoms with Crippen LogP contribution in [0.2, 0.25) is 0 Å². The average Bonchev–Trinajstić information content (AvgIpc) is 2.71. The van der Waals surface area contributed by atoms with Crippen LogP contribution >= 0.6 is 15.9 Å². The monoisotopic (exact) mass is 295 g/mol. The number of hydrogen-bond donors (Lipinski definition) is 0. The van der Waals surface area contributed by atoms with Crippen LogP contribution in [-0.4, -0.2) is 23.6 Å². The highest BCUT2D eigenvalue weighted by molar-refractivity contribution is 9.09. The average molecular weight is 296 g/mol. The molecule has 1 saturated heterocycles. The van der Waals surface area contributed by atoms with Crippen LogP contribution in [0.4, 0.5) is 5.69 Å². The molecule has 0 saturated carbocycles. The Morgan fingerprint density at radius 2 is 2.06 bits per heavy atom. The minimum atomic E-state index is 0.0441. The lowest BCUT2D eigenvalue weighted by Crippen LogP contribution is -2.24. The summed E-state index contributed by atoms with van der Waals surface area (Å²) in [4.78, 5) is 24.7. The molecule has 90 valence electrons. The fourth-order valence-electron chi connectivity index (χ4n) is 2.01. The van der Waals surface area contributed by atoms with Gasteiger partial charge < -0.3 is 4.90 Å². The molecule has 1 aliphatic heterocycles. The molecule has 0 aliphatic carbocycles. The van der Waals surface area contributed by atoms with Gasteiger partial charge in [-0.05, 0) is 37.1 Å². The van der Waals surface area contributed by atoms with Crippen LogP contribution in [0.25, 0.3) is 0 Å². The third-order valence-electron chi connectivity index (χ3n) is 3.01. The van der Waals surface area contributed by atoms with Crippen LogP contribution in [0.5, 0.6) is 0 Å². The fourth-order valence-corrected chi connectivity index (χ4v) is 2.44. The second-order valence-electron chi connectivity index (χ2n) is 4.33. The van der Waals surface area contributed by atoms with E-state index in [-0.39, 0.29) is 11.7 Å². The van der Waals surface area contributed by atoms with Crippen molar-refractivity contribution in [1.82, 2.24) is 0 Å². The maximum atomic E-state index is 11.8. The molecule has 1 aromatic rings. The molecule has 1 unspecified atom stereocenters. The molecule has 1 amide bonds. The number of hydrogen-bond acceptors (Lipinski definition) is 2. The first-order valence-corrected chi connectivity index (χ1v) is 6.71. The van der Waals surface area contributed by atoms with E-state index in [1.165, 1.54) is 6.92 Å². The topological polar surface area (TPSA) is 37.4 Å². The summed E-state index contributed by atoms with van der Waals surface area (Å²) in [6, 6.07) is 7.22. The number of carbonyl (C=O) groups is 2. The smallest absolute Gasteiger partial charge is 0.227 e. The van der Waals surface area contributed by atoms with Crippen molar-refractivity contribution in [1.29, 1.82) is 0 Å². The summed E-state index contributed by atoms with van der Waals surface area (Å²) < 4.78 is 0. The number of alkyl halides is 1. The molecule has 3 nitrogen and oxygen atoms in total. The van der Waals surface area contributed by atoms with E-state index in [0.717, 1.165) is 17.6 Å². The first kappa shape index (κ1) is 12.3. The predicted octanol–water partition coefficient (Wildman–Crippen LogP) is 2.64. The SMILES string of the molecule is CC(=O)c1ccc(N2CC(CBr)CC2=O)cc1. The summed E-state index contributed by atoms with van der Waals surface area (Å²) in [5.74, 6) is 0.586. The van der Waals surface area contributed by atoms with E-state index < -0.39 is 0 Å². The second-order valence-corrected chi connectivity index (χ2v) is 4.98. The van der Waals surface area contributed by atoms with Crippen LogP contribution in [0, 0.1) is 5.92 Å². The number of amides is 1. The highest BCUT2D eigenvalue weighted by Gasteiger charge is 2.29. The van der Waals surface area contributed by atoms with E-state index in [2.05, 4.69) is 15.9 Å². The minimum Gasteiger partial charge on any atom is -0.312 e. The van der Waals surface area contributed by atoms with E-state index in [0.29, 0.717) is 17.9 Å². The molecule has 1 aromatic carbocycles. The summed E-state index contributed by atoms with van der Waals surface area (Å²) in [7, 11) is 0. The fraction of sp³-hybridized carbons (Fsp3) is 0.385. The number of Topliss-reactive ketones (excluding diaryl/α,β-unsaturated/α-hetero) is 1. The van der Waals surface area contributed by atoms with Crippen molar-refractivity contribution in [2.45, 2.75) is 13.3 Å². The van der Waals surface area contributed by atoms with Gasteiger partial charge in [0.15, 0.2) is 5.78 Å². The molecule has 1 fully saturated rings. The Morgan fingerprint density at radius 1 is 1.41 bits per heavy atom. The van der Waals surface area contributed by atoms with Crippen LogP contribution in [-0.2, 0) is 4.79 Å². The molecule has 0 bridgehead atoms. The standard InChI is InChI=1S/C13H14BrNO2/c1-9(16)11-2-4-12(5-3-11)15-8-10(7-14)6-13(15)17/h2-5,10H,6-8H2,1H3. The number of rotatable bonds is 3. The van der Waals surface area contributed by atoms with E-state index in [1.807, 2.05) is 12.1 Å². The summed E-state index contributed by atoms with van der Waals surface area (Å²) in [6.07, 6.45) is 0.597. The van der Waals surface area contributed by atoms with Gasteiger partial charge in [0.25, 0.3) is 0 Å². The van der Waals surface area contributed by atoms with Crippen molar-refractivity contribution in [3.63, 3.8) is 0 Å². The molecule has 1 aliphatic rings. The number of ketones is 1. The van der Waals surface area contributed by atoms with Crippen molar-refractivity contribution in [2.24, 2.45) is 5.92 Å². The second kappa shape index (κ2) is 5.00. The Labute approximate surface area is 109 Å². The Morgan fingerprint density at radius 3 is 2.53 bits per heavy atom. The molecule has 0 radical (unpaired) electrons. The Balaban J connectivity index is 2.18. The third kappa shape index (κ3) is 2.57. The number of halogens is 1. The molecule has 2 rings (SSSR count). The third-order valence-corrected chi connectivity index (χ3v) is 3.92. The van der Waals surface area contributed by atoms with Gasteiger partial charge in [-0.1, -0.05) is 15.9 Å². The van der Waals surface area contributed by atoms with Crippen molar-refractivity contribution in [3.8, 4) is 0 Å². The molecule has 0 aromatic heterocycles. The number of nitrogens with zero attached hydrogens (tertiary/aromatic N) is 1. The van der Waals surface area contributed by atoms with Gasteiger partial charge in [-0.25, -0.2) is 0 Å². The van der Waals surface area contributed by atoms with Gasteiger partial charge >= 0.3 is 0 Å². The van der Waals surface area contributed by atoms with Crippen molar-refractivity contribution in [2.75, 3.05) is 16.8 Å². The van der Waals surface area contributed by atoms with Crippen molar-refractivity contribution < 1.29 is 9.59 Å². The summed E-state index contributed by atoms with van der Waals surface area (Å²) in [6.45, 7) is 2.29. The largest absolute Gasteiger partial charge is 0.312 e. The zero-order valence-electron chi connectivity index (χ0n) is 9.65. The molecule has 1 atom stereocenters. The first-order chi connectivity index (χ1) is 8.11. The van der Waals surface area contributed by atoms with Gasteiger partial charge in [-0.15, -0.1) is 0 Å². The van der Waals surface area contributed by atoms with Gasteiger partial charge in [-0.3, -0.25) is 9.59 Å². The summed E-state index contributed by atoms with van der Waals surface area (Å²) in [5.41, 5.74) is 1.56. The lowest BCUT2D eigenvalue weighted by atomic mass is 10.1. The zero-order chi connectivity index (χ0) is 12.4. The highest BCUT2D eigenvalue weighted by atomic mass is 79.9. The van der Waals surface area contributed by atoms with Crippen molar-refractivity contribution >= 4 is 33.3 Å². The molecular weight excluding hydrogens is 282 g/mol. The molecular formula is C13H14BrNO2. The van der Waals surface area contributed by atoms with Gasteiger partial charge in [-0.2, -0.15) is 0 Å². The Bertz CT molecular complexity index is 441. The van der Waals surface area contributed by atoms with Gasteiger partial charge in [0, 0.05) is 29.5 Å². The first-order valence-electron chi connectivity index (χ1n) is 5.59. The molecule has 17 heavy (non-hydrogen) atoms. The molecule has 0 N–H and O–H groups in total. The maximum absolute atomic E-state index is 11.8. The van der Waals surface area contributed by atoms with E-state index in [9.17, 15) is 9.59 Å². The van der Waals surface area contributed by atoms with E-state index in [4.69, 9.17) is 0 Å². The minimum absolute atomic E-state index is 0.0441. The van der Waals surface area contributed by atoms with Gasteiger partial charge in [0.05, 0.1) is 0 Å². The van der Waals surface area contributed by atoms with Gasteiger partial charge in [0.1, 0.15) is 0 Å². The highest BCUT2D eigenvalue weighted by Crippen LogP contribution is 2.26. The van der Waals surface area contributed by atoms with Crippen LogP contribution in [0.1, 0.15) is 23.7 Å².